The summed E-state index contributed by atoms with van der Waals surface area (Å²) in [6, 6.07) is 2.52. The van der Waals surface area contributed by atoms with Gasteiger partial charge in [-0.1, -0.05) is 5.16 Å². The van der Waals surface area contributed by atoms with E-state index >= 15 is 0 Å². The molecular weight excluding hydrogens is 252 g/mol. The molecule has 0 aliphatic heterocycles. The first-order valence-electron chi connectivity index (χ1n) is 7.24. The molecule has 2 aromatic rings. The van der Waals surface area contributed by atoms with E-state index in [0.29, 0.717) is 17.8 Å². The van der Waals surface area contributed by atoms with Crippen molar-refractivity contribution in [3.8, 4) is 11.5 Å². The van der Waals surface area contributed by atoms with Gasteiger partial charge in [0.05, 0.1) is 11.1 Å². The molecule has 2 N–H and O–H groups in total. The third-order valence-electron chi connectivity index (χ3n) is 4.35. The molecule has 1 aliphatic carbocycles. The zero-order valence-electron chi connectivity index (χ0n) is 12.6. The second-order valence-corrected chi connectivity index (χ2v) is 6.18. The SMILES string of the molecule is Cc1cc(-c2nc(C3(N)CCC3)no2)c(C)n1C(C)C. The summed E-state index contributed by atoms with van der Waals surface area (Å²) in [5, 5.41) is 4.09. The number of hydrogen-bond donors (Lipinski definition) is 1. The van der Waals surface area contributed by atoms with Crippen LogP contribution in [0.15, 0.2) is 10.6 Å². The summed E-state index contributed by atoms with van der Waals surface area (Å²) in [5.41, 5.74) is 9.26. The summed E-state index contributed by atoms with van der Waals surface area (Å²) in [7, 11) is 0. The van der Waals surface area contributed by atoms with Gasteiger partial charge in [-0.15, -0.1) is 0 Å². The van der Waals surface area contributed by atoms with Gasteiger partial charge in [-0.05, 0) is 53.0 Å². The zero-order valence-corrected chi connectivity index (χ0v) is 12.6. The Kier molecular flexibility index (Phi) is 2.97. The summed E-state index contributed by atoms with van der Waals surface area (Å²) >= 11 is 0. The fourth-order valence-electron chi connectivity index (χ4n) is 3.10. The number of nitrogens with two attached hydrogens (primary N) is 1. The van der Waals surface area contributed by atoms with Crippen molar-refractivity contribution in [2.75, 3.05) is 0 Å². The molecule has 5 nitrogen and oxygen atoms in total. The second kappa shape index (κ2) is 4.45. The van der Waals surface area contributed by atoms with Gasteiger partial charge in [0.1, 0.15) is 0 Å². The van der Waals surface area contributed by atoms with Crippen LogP contribution in [-0.4, -0.2) is 14.7 Å². The molecule has 1 aliphatic rings. The molecule has 0 unspecified atom stereocenters. The van der Waals surface area contributed by atoms with E-state index in [1.807, 2.05) is 0 Å². The lowest BCUT2D eigenvalue weighted by Gasteiger charge is -2.34. The highest BCUT2D eigenvalue weighted by atomic mass is 16.5. The third-order valence-corrected chi connectivity index (χ3v) is 4.35. The van der Waals surface area contributed by atoms with Gasteiger partial charge in [0.15, 0.2) is 5.82 Å². The predicted octanol–water partition coefficient (Wildman–Crippen LogP) is 3.07. The Morgan fingerprint density at radius 2 is 2.05 bits per heavy atom. The molecule has 0 bridgehead atoms. The van der Waals surface area contributed by atoms with E-state index in [2.05, 4.69) is 48.5 Å². The summed E-state index contributed by atoms with van der Waals surface area (Å²) in [5.74, 6) is 1.23. The summed E-state index contributed by atoms with van der Waals surface area (Å²) in [4.78, 5) is 4.53. The zero-order chi connectivity index (χ0) is 14.5. The number of hydrogen-bond acceptors (Lipinski definition) is 4. The molecule has 0 amide bonds. The lowest BCUT2D eigenvalue weighted by Crippen LogP contribution is -2.44. The van der Waals surface area contributed by atoms with Crippen molar-refractivity contribution in [2.45, 2.75) is 58.5 Å². The van der Waals surface area contributed by atoms with Gasteiger partial charge in [0.25, 0.3) is 5.89 Å². The van der Waals surface area contributed by atoms with Crippen molar-refractivity contribution in [3.63, 3.8) is 0 Å². The normalized spacial score (nSPS) is 17.5. The monoisotopic (exact) mass is 274 g/mol. The molecular formula is C15H22N4O. The molecule has 20 heavy (non-hydrogen) atoms. The van der Waals surface area contributed by atoms with Gasteiger partial charge in [-0.2, -0.15) is 4.98 Å². The Labute approximate surface area is 119 Å². The van der Waals surface area contributed by atoms with Gasteiger partial charge in [0, 0.05) is 17.4 Å². The Hall–Kier alpha value is -1.62. The number of nitrogens with zero attached hydrogens (tertiary/aromatic N) is 3. The van der Waals surface area contributed by atoms with Gasteiger partial charge >= 0.3 is 0 Å². The molecule has 0 spiro atoms. The second-order valence-electron chi connectivity index (χ2n) is 6.18. The first-order valence-corrected chi connectivity index (χ1v) is 7.24. The van der Waals surface area contributed by atoms with Gasteiger partial charge in [-0.3, -0.25) is 0 Å². The Morgan fingerprint density at radius 3 is 2.55 bits per heavy atom. The minimum Gasteiger partial charge on any atom is -0.346 e. The number of aryl methyl sites for hydroxylation is 1. The van der Waals surface area contributed by atoms with E-state index in [9.17, 15) is 0 Å². The Morgan fingerprint density at radius 1 is 1.35 bits per heavy atom. The van der Waals surface area contributed by atoms with E-state index in [1.165, 1.54) is 5.69 Å². The molecule has 0 saturated heterocycles. The molecule has 5 heteroatoms. The molecule has 108 valence electrons. The summed E-state index contributed by atoms with van der Waals surface area (Å²) in [6.45, 7) is 8.54. The smallest absolute Gasteiger partial charge is 0.259 e. The average molecular weight is 274 g/mol. The Balaban J connectivity index is 2.00. The van der Waals surface area contributed by atoms with Crippen molar-refractivity contribution in [1.82, 2.24) is 14.7 Å². The highest BCUT2D eigenvalue weighted by molar-refractivity contribution is 5.58. The highest BCUT2D eigenvalue weighted by Gasteiger charge is 2.39. The molecule has 2 heterocycles. The number of rotatable bonds is 3. The first kappa shape index (κ1) is 13.4. The van der Waals surface area contributed by atoms with Crippen LogP contribution >= 0.6 is 0 Å². The third kappa shape index (κ3) is 1.88. The van der Waals surface area contributed by atoms with E-state index < -0.39 is 0 Å². The largest absolute Gasteiger partial charge is 0.346 e. The van der Waals surface area contributed by atoms with Crippen LogP contribution < -0.4 is 5.73 Å². The van der Waals surface area contributed by atoms with Gasteiger partial charge in [-0.25, -0.2) is 0 Å². The minimum atomic E-state index is -0.370. The number of aromatic nitrogens is 3. The van der Waals surface area contributed by atoms with Crippen molar-refractivity contribution >= 4 is 0 Å². The van der Waals surface area contributed by atoms with Crippen molar-refractivity contribution in [2.24, 2.45) is 5.73 Å². The molecule has 3 rings (SSSR count). The maximum absolute atomic E-state index is 6.25. The molecule has 0 radical (unpaired) electrons. The fourth-order valence-corrected chi connectivity index (χ4v) is 3.10. The molecule has 0 atom stereocenters. The van der Waals surface area contributed by atoms with Crippen LogP contribution in [0.1, 0.15) is 56.4 Å². The van der Waals surface area contributed by atoms with Crippen LogP contribution in [0.4, 0.5) is 0 Å². The van der Waals surface area contributed by atoms with E-state index in [1.54, 1.807) is 0 Å². The minimum absolute atomic E-state index is 0.370. The highest BCUT2D eigenvalue weighted by Crippen LogP contribution is 2.38. The van der Waals surface area contributed by atoms with Gasteiger partial charge < -0.3 is 14.8 Å². The van der Waals surface area contributed by atoms with Crippen LogP contribution in [0.2, 0.25) is 0 Å². The maximum Gasteiger partial charge on any atom is 0.259 e. The fraction of sp³-hybridized carbons (Fsp3) is 0.600. The van der Waals surface area contributed by atoms with Crippen LogP contribution in [0.5, 0.6) is 0 Å². The molecule has 2 aromatic heterocycles. The summed E-state index contributed by atoms with van der Waals surface area (Å²) in [6.07, 6.45) is 3.02. The maximum atomic E-state index is 6.25. The average Bonchev–Trinajstić information content (AvgIpc) is 2.91. The molecule has 1 fully saturated rings. The van der Waals surface area contributed by atoms with Crippen LogP contribution in [-0.2, 0) is 5.54 Å². The topological polar surface area (TPSA) is 69.9 Å². The molecule has 0 aromatic carbocycles. The van der Waals surface area contributed by atoms with Gasteiger partial charge in [0.2, 0.25) is 0 Å². The van der Waals surface area contributed by atoms with E-state index in [-0.39, 0.29) is 5.54 Å². The van der Waals surface area contributed by atoms with E-state index in [4.69, 9.17) is 10.3 Å². The summed E-state index contributed by atoms with van der Waals surface area (Å²) < 4.78 is 7.73. The lowest BCUT2D eigenvalue weighted by atomic mass is 9.77. The van der Waals surface area contributed by atoms with Crippen LogP contribution in [0, 0.1) is 13.8 Å². The molecule has 1 saturated carbocycles. The Bertz CT molecular complexity index is 634. The van der Waals surface area contributed by atoms with Crippen molar-refractivity contribution in [3.05, 3.63) is 23.3 Å². The van der Waals surface area contributed by atoms with Crippen molar-refractivity contribution < 1.29 is 4.52 Å². The predicted molar refractivity (Wildman–Crippen MR) is 77.3 cm³/mol. The van der Waals surface area contributed by atoms with Crippen LogP contribution in [0.3, 0.4) is 0 Å². The van der Waals surface area contributed by atoms with E-state index in [0.717, 1.165) is 30.5 Å². The quantitative estimate of drug-likeness (QED) is 0.933. The van der Waals surface area contributed by atoms with Crippen molar-refractivity contribution in [1.29, 1.82) is 0 Å². The standard InChI is InChI=1S/C15H22N4O/c1-9(2)19-10(3)8-12(11(19)4)13-17-14(18-20-13)15(16)6-5-7-15/h8-9H,5-7,16H2,1-4H3. The lowest BCUT2D eigenvalue weighted by molar-refractivity contribution is 0.229. The first-order chi connectivity index (χ1) is 9.42. The van der Waals surface area contributed by atoms with Crippen LogP contribution in [0.25, 0.3) is 11.5 Å².